The summed E-state index contributed by atoms with van der Waals surface area (Å²) in [5.41, 5.74) is 0. The van der Waals surface area contributed by atoms with E-state index < -0.39 is 0 Å². The molecular formula is C12H26N2O. The Hall–Kier alpha value is -0.120. The van der Waals surface area contributed by atoms with Crippen LogP contribution in [0.15, 0.2) is 0 Å². The van der Waals surface area contributed by atoms with Crippen LogP contribution in [-0.4, -0.2) is 50.8 Å². The van der Waals surface area contributed by atoms with Crippen LogP contribution in [0.5, 0.6) is 0 Å². The quantitative estimate of drug-likeness (QED) is 0.722. The van der Waals surface area contributed by atoms with Crippen LogP contribution in [0, 0.1) is 5.92 Å². The molecule has 0 aromatic heterocycles. The molecule has 3 nitrogen and oxygen atoms in total. The molecule has 2 atom stereocenters. The zero-order valence-corrected chi connectivity index (χ0v) is 10.6. The smallest absolute Gasteiger partial charge is 0.0618 e. The number of hydrogen-bond donors (Lipinski definition) is 1. The average Bonchev–Trinajstić information content (AvgIpc) is 2.58. The van der Waals surface area contributed by atoms with Crippen LogP contribution in [0.1, 0.15) is 26.7 Å². The van der Waals surface area contributed by atoms with Crippen LogP contribution in [0.25, 0.3) is 0 Å². The number of nitrogens with one attached hydrogen (secondary N) is 1. The van der Waals surface area contributed by atoms with E-state index in [1.165, 1.54) is 19.4 Å². The molecule has 0 spiro atoms. The van der Waals surface area contributed by atoms with Crippen molar-refractivity contribution in [3.8, 4) is 0 Å². The molecule has 0 saturated carbocycles. The lowest BCUT2D eigenvalue weighted by Crippen LogP contribution is -2.44. The van der Waals surface area contributed by atoms with E-state index in [1.54, 1.807) is 7.11 Å². The van der Waals surface area contributed by atoms with Crippen LogP contribution >= 0.6 is 0 Å². The summed E-state index contributed by atoms with van der Waals surface area (Å²) in [6, 6.07) is 1.21. The highest BCUT2D eigenvalue weighted by atomic mass is 16.5. The van der Waals surface area contributed by atoms with Gasteiger partial charge in [-0.15, -0.1) is 0 Å². The molecule has 1 heterocycles. The van der Waals surface area contributed by atoms with Crippen LogP contribution in [0.3, 0.4) is 0 Å². The summed E-state index contributed by atoms with van der Waals surface area (Å²) in [5.74, 6) is 0.636. The third-order valence-electron chi connectivity index (χ3n) is 3.44. The van der Waals surface area contributed by atoms with Crippen molar-refractivity contribution in [3.63, 3.8) is 0 Å². The molecule has 1 saturated heterocycles. The molecule has 1 N–H and O–H groups in total. The Labute approximate surface area is 94.2 Å². The van der Waals surface area contributed by atoms with Crippen LogP contribution in [-0.2, 0) is 4.74 Å². The molecule has 0 aromatic carbocycles. The van der Waals surface area contributed by atoms with Gasteiger partial charge in [-0.3, -0.25) is 0 Å². The fourth-order valence-electron chi connectivity index (χ4n) is 2.19. The van der Waals surface area contributed by atoms with Gasteiger partial charge in [0.05, 0.1) is 6.61 Å². The SMILES string of the molecule is COCC(NCC1CCCN1C)C(C)C. The Morgan fingerprint density at radius 3 is 2.67 bits per heavy atom. The van der Waals surface area contributed by atoms with Crippen molar-refractivity contribution >= 4 is 0 Å². The van der Waals surface area contributed by atoms with Crippen molar-refractivity contribution in [2.45, 2.75) is 38.8 Å². The maximum absolute atomic E-state index is 5.23. The van der Waals surface area contributed by atoms with Crippen LogP contribution < -0.4 is 5.32 Å². The molecule has 1 aliphatic heterocycles. The minimum absolute atomic E-state index is 0.490. The maximum atomic E-state index is 5.23. The van der Waals surface area contributed by atoms with E-state index in [0.29, 0.717) is 12.0 Å². The summed E-state index contributed by atoms with van der Waals surface area (Å²) in [6.07, 6.45) is 2.68. The van der Waals surface area contributed by atoms with E-state index in [9.17, 15) is 0 Å². The Morgan fingerprint density at radius 2 is 2.20 bits per heavy atom. The van der Waals surface area contributed by atoms with Gasteiger partial charge in [0.25, 0.3) is 0 Å². The topological polar surface area (TPSA) is 24.5 Å². The summed E-state index contributed by atoms with van der Waals surface area (Å²) < 4.78 is 5.23. The highest BCUT2D eigenvalue weighted by molar-refractivity contribution is 4.81. The first-order chi connectivity index (χ1) is 7.15. The van der Waals surface area contributed by atoms with E-state index in [-0.39, 0.29) is 0 Å². The molecule has 0 radical (unpaired) electrons. The van der Waals surface area contributed by atoms with Gasteiger partial charge in [-0.05, 0) is 32.4 Å². The zero-order valence-electron chi connectivity index (χ0n) is 10.6. The minimum Gasteiger partial charge on any atom is -0.383 e. The van der Waals surface area contributed by atoms with Gasteiger partial charge in [0.1, 0.15) is 0 Å². The van der Waals surface area contributed by atoms with Crippen molar-refractivity contribution in [1.29, 1.82) is 0 Å². The first-order valence-electron chi connectivity index (χ1n) is 6.07. The second kappa shape index (κ2) is 6.46. The second-order valence-corrected chi connectivity index (χ2v) is 4.99. The minimum atomic E-state index is 0.490. The van der Waals surface area contributed by atoms with Gasteiger partial charge in [0.2, 0.25) is 0 Å². The highest BCUT2D eigenvalue weighted by Crippen LogP contribution is 2.14. The molecule has 0 bridgehead atoms. The second-order valence-electron chi connectivity index (χ2n) is 4.99. The van der Waals surface area contributed by atoms with Gasteiger partial charge in [-0.1, -0.05) is 13.8 Å². The Kier molecular flexibility index (Phi) is 5.58. The van der Waals surface area contributed by atoms with Gasteiger partial charge in [-0.25, -0.2) is 0 Å². The molecule has 1 fully saturated rings. The summed E-state index contributed by atoms with van der Waals surface area (Å²) in [4.78, 5) is 2.46. The summed E-state index contributed by atoms with van der Waals surface area (Å²) >= 11 is 0. The summed E-state index contributed by atoms with van der Waals surface area (Å²) in [6.45, 7) is 7.66. The number of ether oxygens (including phenoxy) is 1. The standard InChI is InChI=1S/C12H26N2O/c1-10(2)12(9-15-4)13-8-11-6-5-7-14(11)3/h10-13H,5-9H2,1-4H3. The highest BCUT2D eigenvalue weighted by Gasteiger charge is 2.22. The van der Waals surface area contributed by atoms with Crippen LogP contribution in [0.4, 0.5) is 0 Å². The number of likely N-dealkylation sites (N-methyl/N-ethyl adjacent to an activating group) is 1. The third kappa shape index (κ3) is 4.09. The van der Waals surface area contributed by atoms with E-state index in [1.807, 2.05) is 0 Å². The van der Waals surface area contributed by atoms with E-state index >= 15 is 0 Å². The number of rotatable bonds is 6. The largest absolute Gasteiger partial charge is 0.383 e. The lowest BCUT2D eigenvalue weighted by molar-refractivity contribution is 0.142. The lowest BCUT2D eigenvalue weighted by atomic mass is 10.0. The molecule has 1 rings (SSSR count). The number of hydrogen-bond acceptors (Lipinski definition) is 3. The molecule has 90 valence electrons. The molecule has 0 aliphatic carbocycles. The van der Waals surface area contributed by atoms with E-state index in [0.717, 1.165) is 19.2 Å². The first kappa shape index (κ1) is 12.9. The Bertz CT molecular complexity index is 173. The number of nitrogens with zero attached hydrogens (tertiary/aromatic N) is 1. The lowest BCUT2D eigenvalue weighted by Gasteiger charge is -2.26. The molecular weight excluding hydrogens is 188 g/mol. The van der Waals surface area contributed by atoms with Gasteiger partial charge in [0.15, 0.2) is 0 Å². The number of likely N-dealkylation sites (tertiary alicyclic amines) is 1. The first-order valence-corrected chi connectivity index (χ1v) is 6.07. The molecule has 0 amide bonds. The molecule has 2 unspecified atom stereocenters. The van der Waals surface area contributed by atoms with E-state index in [2.05, 4.69) is 31.1 Å². The monoisotopic (exact) mass is 214 g/mol. The Balaban J connectivity index is 2.26. The van der Waals surface area contributed by atoms with Crippen molar-refractivity contribution in [2.75, 3.05) is 33.9 Å². The van der Waals surface area contributed by atoms with Crippen molar-refractivity contribution in [3.05, 3.63) is 0 Å². The maximum Gasteiger partial charge on any atom is 0.0618 e. The van der Waals surface area contributed by atoms with Gasteiger partial charge in [0, 0.05) is 25.7 Å². The van der Waals surface area contributed by atoms with Gasteiger partial charge in [-0.2, -0.15) is 0 Å². The summed E-state index contributed by atoms with van der Waals surface area (Å²) in [7, 11) is 4.00. The molecule has 15 heavy (non-hydrogen) atoms. The Morgan fingerprint density at radius 1 is 1.47 bits per heavy atom. The number of methoxy groups -OCH3 is 1. The van der Waals surface area contributed by atoms with Crippen molar-refractivity contribution < 1.29 is 4.74 Å². The fourth-order valence-corrected chi connectivity index (χ4v) is 2.19. The van der Waals surface area contributed by atoms with Crippen molar-refractivity contribution in [2.24, 2.45) is 5.92 Å². The fraction of sp³-hybridized carbons (Fsp3) is 1.00. The molecule has 3 heteroatoms. The zero-order chi connectivity index (χ0) is 11.3. The van der Waals surface area contributed by atoms with Gasteiger partial charge >= 0.3 is 0 Å². The van der Waals surface area contributed by atoms with Gasteiger partial charge < -0.3 is 15.0 Å². The normalized spacial score (nSPS) is 25.0. The average molecular weight is 214 g/mol. The van der Waals surface area contributed by atoms with Crippen molar-refractivity contribution in [1.82, 2.24) is 10.2 Å². The third-order valence-corrected chi connectivity index (χ3v) is 3.44. The molecule has 0 aromatic rings. The van der Waals surface area contributed by atoms with Crippen LogP contribution in [0.2, 0.25) is 0 Å². The predicted molar refractivity (Wildman–Crippen MR) is 64.2 cm³/mol. The van der Waals surface area contributed by atoms with E-state index in [4.69, 9.17) is 4.74 Å². The molecule has 1 aliphatic rings. The predicted octanol–water partition coefficient (Wildman–Crippen LogP) is 1.34. The summed E-state index contributed by atoms with van der Waals surface area (Å²) in [5, 5.41) is 3.63.